The molecule has 0 aromatic rings. The zero-order valence-electron chi connectivity index (χ0n) is 35.6. The Morgan fingerprint density at radius 2 is 0.862 bits per heavy atom. The van der Waals surface area contributed by atoms with E-state index < -0.39 is 46.9 Å². The van der Waals surface area contributed by atoms with Crippen LogP contribution in [-0.2, 0) is 38.2 Å². The van der Waals surface area contributed by atoms with Gasteiger partial charge in [-0.15, -0.1) is 0 Å². The second-order valence-electron chi connectivity index (χ2n) is 16.1. The predicted molar refractivity (Wildman–Crippen MR) is 226 cm³/mol. The highest BCUT2D eigenvalue weighted by Gasteiger charge is 2.41. The molecule has 58 heavy (non-hydrogen) atoms. The quantitative estimate of drug-likeness (QED) is 0.101. The van der Waals surface area contributed by atoms with E-state index in [0.717, 1.165) is 33.4 Å². The van der Waals surface area contributed by atoms with Crippen LogP contribution in [0.1, 0.15) is 108 Å². The molecular weight excluding hydrogens is 737 g/mol. The van der Waals surface area contributed by atoms with Gasteiger partial charge in [-0.2, -0.15) is 0 Å². The molecule has 0 radical (unpaired) electrons. The Bertz CT molecular complexity index is 1820. The number of allylic oxidation sites excluding steroid dienone is 20. The maximum atomic E-state index is 13.0. The second kappa shape index (κ2) is 22.3. The minimum absolute atomic E-state index is 0.263. The number of carboxylic acid groups (broad SMARTS) is 2. The van der Waals surface area contributed by atoms with Crippen molar-refractivity contribution >= 4 is 35.4 Å². The van der Waals surface area contributed by atoms with Crippen LogP contribution in [0.2, 0.25) is 0 Å². The molecule has 10 nitrogen and oxygen atoms in total. The Kier molecular flexibility index (Phi) is 18.7. The van der Waals surface area contributed by atoms with Crippen molar-refractivity contribution < 1.29 is 48.5 Å². The third-order valence-electron chi connectivity index (χ3n) is 9.91. The van der Waals surface area contributed by atoms with E-state index in [0.29, 0.717) is 24.0 Å². The van der Waals surface area contributed by atoms with Gasteiger partial charge in [0.25, 0.3) is 0 Å². The van der Waals surface area contributed by atoms with Gasteiger partial charge in [-0.3, -0.25) is 28.8 Å². The van der Waals surface area contributed by atoms with Crippen LogP contribution in [0.4, 0.5) is 0 Å². The maximum Gasteiger partial charge on any atom is 0.307 e. The van der Waals surface area contributed by atoms with Gasteiger partial charge in [0.05, 0.1) is 25.7 Å². The smallest absolute Gasteiger partial charge is 0.307 e. The summed E-state index contributed by atoms with van der Waals surface area (Å²) in [6.45, 7) is 19.4. The van der Waals surface area contributed by atoms with Crippen LogP contribution in [0.25, 0.3) is 0 Å². The summed E-state index contributed by atoms with van der Waals surface area (Å²) in [5.74, 6) is -4.09. The van der Waals surface area contributed by atoms with E-state index in [9.17, 15) is 28.8 Å². The third-order valence-corrected chi connectivity index (χ3v) is 9.91. The number of aliphatic carboxylic acids is 2. The summed E-state index contributed by atoms with van der Waals surface area (Å²) in [4.78, 5) is 71.7. The molecule has 0 aromatic carbocycles. The van der Waals surface area contributed by atoms with E-state index in [1.165, 1.54) is 0 Å². The van der Waals surface area contributed by atoms with Crippen molar-refractivity contribution in [2.24, 2.45) is 10.8 Å². The van der Waals surface area contributed by atoms with Crippen molar-refractivity contribution in [3.63, 3.8) is 0 Å². The lowest BCUT2D eigenvalue weighted by atomic mass is 9.71. The molecule has 0 heterocycles. The van der Waals surface area contributed by atoms with Gasteiger partial charge in [-0.1, -0.05) is 135 Å². The first-order valence-electron chi connectivity index (χ1n) is 19.5. The van der Waals surface area contributed by atoms with Crippen molar-refractivity contribution in [3.05, 3.63) is 130 Å². The van der Waals surface area contributed by atoms with Crippen LogP contribution in [-0.4, -0.2) is 57.9 Å². The molecule has 0 fully saturated rings. The topological polar surface area (TPSA) is 161 Å². The van der Waals surface area contributed by atoms with Gasteiger partial charge in [0.1, 0.15) is 0 Å². The number of carbonyl (C=O) groups is 6. The molecule has 0 spiro atoms. The van der Waals surface area contributed by atoms with E-state index >= 15 is 0 Å². The second-order valence-corrected chi connectivity index (χ2v) is 16.1. The predicted octanol–water partition coefficient (Wildman–Crippen LogP) is 9.74. The molecule has 0 amide bonds. The first kappa shape index (κ1) is 48.5. The summed E-state index contributed by atoms with van der Waals surface area (Å²) < 4.78 is 10.7. The number of rotatable bonds is 18. The van der Waals surface area contributed by atoms with Gasteiger partial charge < -0.3 is 19.7 Å². The first-order chi connectivity index (χ1) is 27.0. The number of ether oxygens (including phenoxy) is 2. The van der Waals surface area contributed by atoms with Crippen molar-refractivity contribution in [1.29, 1.82) is 0 Å². The molecule has 10 heteroatoms. The minimum Gasteiger partial charge on any atom is -0.481 e. The summed E-state index contributed by atoms with van der Waals surface area (Å²) in [6.07, 6.45) is 25.2. The number of esters is 2. The van der Waals surface area contributed by atoms with Gasteiger partial charge in [0.2, 0.25) is 0 Å². The van der Waals surface area contributed by atoms with Gasteiger partial charge in [-0.05, 0) is 74.7 Å². The first-order valence-corrected chi connectivity index (χ1v) is 19.5. The minimum atomic E-state index is -1.09. The summed E-state index contributed by atoms with van der Waals surface area (Å²) >= 11 is 0. The van der Waals surface area contributed by atoms with Crippen molar-refractivity contribution in [2.75, 3.05) is 0 Å². The lowest BCUT2D eigenvalue weighted by Crippen LogP contribution is -2.39. The summed E-state index contributed by atoms with van der Waals surface area (Å²) in [5, 5.41) is 17.6. The number of hydrogen-bond acceptors (Lipinski definition) is 8. The maximum absolute atomic E-state index is 13.0. The highest BCUT2D eigenvalue weighted by Crippen LogP contribution is 2.42. The largest absolute Gasteiger partial charge is 0.481 e. The van der Waals surface area contributed by atoms with Gasteiger partial charge in [0.15, 0.2) is 23.8 Å². The standard InChI is InChI=1S/C48H60O10/c1-31(17-13-19-33(3)21-23-37-35(5)45(55)39(29-47(37,7)8)57-43(53)27-25-41(49)50)15-11-12-16-32(2)18-14-20-34(4)22-24-38-36(6)46(56)40(30-48(38,9)10)58-44(54)28-26-42(51)52/h11-24,39-40H,25-30H2,1-10H3,(H,49,50)(H,51,52)/b12-11+,17-13+,18-14+,23-21+,24-22+,31-15+,32-16+,33-19+,34-20+/t39-,40+. The van der Waals surface area contributed by atoms with Crippen LogP contribution >= 0.6 is 0 Å². The number of hydrogen-bond donors (Lipinski definition) is 2. The Balaban J connectivity index is 1.97. The molecule has 0 unspecified atom stereocenters. The molecule has 2 atom stereocenters. The van der Waals surface area contributed by atoms with E-state index in [-0.39, 0.29) is 37.2 Å². The Morgan fingerprint density at radius 1 is 0.552 bits per heavy atom. The lowest BCUT2D eigenvalue weighted by molar-refractivity contribution is -0.157. The van der Waals surface area contributed by atoms with E-state index in [4.69, 9.17) is 19.7 Å². The Morgan fingerprint density at radius 3 is 1.19 bits per heavy atom. The molecular formula is C48H60O10. The van der Waals surface area contributed by atoms with Crippen LogP contribution in [0.15, 0.2) is 130 Å². The molecule has 0 aromatic heterocycles. The van der Waals surface area contributed by atoms with Gasteiger partial charge in [0, 0.05) is 12.8 Å². The highest BCUT2D eigenvalue weighted by atomic mass is 16.6. The van der Waals surface area contributed by atoms with E-state index in [2.05, 4.69) is 0 Å². The zero-order valence-corrected chi connectivity index (χ0v) is 35.6. The monoisotopic (exact) mass is 796 g/mol. The Hall–Kier alpha value is -5.64. The molecule has 2 N–H and O–H groups in total. The fourth-order valence-electron chi connectivity index (χ4n) is 6.61. The number of ketones is 2. The molecule has 312 valence electrons. The van der Waals surface area contributed by atoms with Crippen LogP contribution in [0.3, 0.4) is 0 Å². The molecule has 2 rings (SSSR count). The van der Waals surface area contributed by atoms with Crippen molar-refractivity contribution in [2.45, 2.75) is 120 Å². The fourth-order valence-corrected chi connectivity index (χ4v) is 6.61. The third kappa shape index (κ3) is 16.1. The summed E-state index contributed by atoms with van der Waals surface area (Å²) in [6, 6.07) is 0. The lowest BCUT2D eigenvalue weighted by Gasteiger charge is -2.36. The average molecular weight is 797 g/mol. The normalized spacial score (nSPS) is 21.1. The fraction of sp³-hybridized carbons (Fsp3) is 0.417. The zero-order chi connectivity index (χ0) is 43.8. The van der Waals surface area contributed by atoms with Crippen LogP contribution < -0.4 is 0 Å². The average Bonchev–Trinajstić information content (AvgIpc) is 3.12. The molecule has 0 saturated heterocycles. The summed E-state index contributed by atoms with van der Waals surface area (Å²) in [7, 11) is 0. The van der Waals surface area contributed by atoms with Crippen molar-refractivity contribution in [1.82, 2.24) is 0 Å². The molecule has 2 aliphatic rings. The summed E-state index contributed by atoms with van der Waals surface area (Å²) in [5.41, 5.74) is 6.02. The number of Topliss-reactive ketones (excluding diaryl/α,β-unsaturated/α-hetero) is 2. The molecule has 0 aliphatic heterocycles. The van der Waals surface area contributed by atoms with Gasteiger partial charge in [-0.25, -0.2) is 0 Å². The molecule has 0 saturated carbocycles. The van der Waals surface area contributed by atoms with E-state index in [1.54, 1.807) is 13.8 Å². The highest BCUT2D eigenvalue weighted by molar-refractivity contribution is 6.02. The van der Waals surface area contributed by atoms with Gasteiger partial charge >= 0.3 is 23.9 Å². The number of carbonyl (C=O) groups excluding carboxylic acids is 4. The number of carboxylic acids is 2. The molecule has 0 bridgehead atoms. The van der Waals surface area contributed by atoms with Crippen LogP contribution in [0, 0.1) is 10.8 Å². The van der Waals surface area contributed by atoms with Crippen molar-refractivity contribution in [3.8, 4) is 0 Å². The Labute approximate surface area is 343 Å². The van der Waals surface area contributed by atoms with E-state index in [1.807, 2.05) is 140 Å². The SMILES string of the molecule is CC1=C(/C=C/C(C)=C/C=C/C(C)=C/C=C/C=C(C)/C=C/C=C(C)/C=C/C2=C(C)C(=O)[C@H](OC(=O)CCC(=O)O)CC2(C)C)C(C)(C)C[C@H](OC(=O)CCC(=O)O)C1=O. The molecule has 2 aliphatic carbocycles. The van der Waals surface area contributed by atoms with Crippen LogP contribution in [0.5, 0.6) is 0 Å².